The number of benzene rings is 1. The van der Waals surface area contributed by atoms with E-state index in [0.717, 1.165) is 21.0 Å². The van der Waals surface area contributed by atoms with Crippen LogP contribution in [-0.2, 0) is 0 Å². The van der Waals surface area contributed by atoms with Gasteiger partial charge in [0, 0.05) is 15.6 Å². The molecular weight excluding hydrogens is 260 g/mol. The van der Waals surface area contributed by atoms with Gasteiger partial charge in [-0.1, -0.05) is 0 Å². The van der Waals surface area contributed by atoms with Crippen LogP contribution in [-0.4, -0.2) is 6.29 Å². The number of rotatable bonds is 1. The van der Waals surface area contributed by atoms with Crippen LogP contribution in [0.1, 0.15) is 21.5 Å². The van der Waals surface area contributed by atoms with Gasteiger partial charge in [-0.05, 0) is 53.0 Å². The van der Waals surface area contributed by atoms with Crippen molar-refractivity contribution >= 4 is 43.6 Å². The Balaban J connectivity index is 2.89. The summed E-state index contributed by atoms with van der Waals surface area (Å²) in [6.07, 6.45) is 0.914. The van der Waals surface area contributed by atoms with Gasteiger partial charge >= 0.3 is 0 Å². The molecule has 0 aliphatic carbocycles. The topological polar surface area (TPSA) is 17.1 Å². The van der Waals surface area contributed by atoms with E-state index in [1.54, 1.807) is 11.3 Å². The Labute approximate surface area is 94.9 Å². The van der Waals surface area contributed by atoms with E-state index in [0.29, 0.717) is 0 Å². The lowest BCUT2D eigenvalue weighted by molar-refractivity contribution is 0.112. The van der Waals surface area contributed by atoms with Crippen molar-refractivity contribution in [1.82, 2.24) is 0 Å². The minimum atomic E-state index is 0.771. The molecule has 72 valence electrons. The first-order chi connectivity index (χ1) is 6.63. The van der Waals surface area contributed by atoms with E-state index >= 15 is 0 Å². The summed E-state index contributed by atoms with van der Waals surface area (Å²) in [6.45, 7) is 4.15. The van der Waals surface area contributed by atoms with Crippen molar-refractivity contribution in [3.05, 3.63) is 32.6 Å². The fourth-order valence-electron chi connectivity index (χ4n) is 1.45. The van der Waals surface area contributed by atoms with Gasteiger partial charge in [-0.25, -0.2) is 0 Å². The number of fused-ring (bicyclic) bond motifs is 1. The second-order valence-electron chi connectivity index (χ2n) is 3.34. The molecule has 0 N–H and O–H groups in total. The highest BCUT2D eigenvalue weighted by atomic mass is 79.9. The molecule has 1 nitrogen and oxygen atoms in total. The maximum atomic E-state index is 10.9. The van der Waals surface area contributed by atoms with Crippen molar-refractivity contribution in [3.8, 4) is 0 Å². The van der Waals surface area contributed by atoms with Crippen molar-refractivity contribution in [2.24, 2.45) is 0 Å². The third-order valence-electron chi connectivity index (χ3n) is 2.42. The molecule has 0 aliphatic heterocycles. The molecule has 0 saturated heterocycles. The third-order valence-corrected chi connectivity index (χ3v) is 4.28. The Morgan fingerprint density at radius 3 is 2.57 bits per heavy atom. The molecule has 1 heterocycles. The summed E-state index contributed by atoms with van der Waals surface area (Å²) in [4.78, 5) is 10.9. The summed E-state index contributed by atoms with van der Waals surface area (Å²) in [5.41, 5.74) is 3.27. The van der Waals surface area contributed by atoms with Gasteiger partial charge in [0.1, 0.15) is 0 Å². The average Bonchev–Trinajstić information content (AvgIpc) is 2.42. The molecule has 3 heteroatoms. The summed E-state index contributed by atoms with van der Waals surface area (Å²) < 4.78 is 2.09. The number of aryl methyl sites for hydroxylation is 2. The summed E-state index contributed by atoms with van der Waals surface area (Å²) in [6, 6.07) is 4.21. The molecule has 14 heavy (non-hydrogen) atoms. The highest BCUT2D eigenvalue weighted by Gasteiger charge is 2.10. The molecule has 0 radical (unpaired) electrons. The number of hydrogen-bond donors (Lipinski definition) is 0. The Hall–Kier alpha value is -0.670. The van der Waals surface area contributed by atoms with Crippen LogP contribution in [0.5, 0.6) is 0 Å². The Morgan fingerprint density at radius 1 is 1.29 bits per heavy atom. The molecule has 0 amide bonds. The van der Waals surface area contributed by atoms with Crippen molar-refractivity contribution in [2.75, 3.05) is 0 Å². The SMILES string of the molecule is Cc1cc2sc(Br)c(C=O)c2cc1C. The van der Waals surface area contributed by atoms with Crippen LogP contribution in [0, 0.1) is 13.8 Å². The van der Waals surface area contributed by atoms with Gasteiger partial charge < -0.3 is 0 Å². The van der Waals surface area contributed by atoms with E-state index in [4.69, 9.17) is 0 Å². The first kappa shape index (κ1) is 9.87. The van der Waals surface area contributed by atoms with Crippen molar-refractivity contribution in [2.45, 2.75) is 13.8 Å². The van der Waals surface area contributed by atoms with E-state index < -0.39 is 0 Å². The van der Waals surface area contributed by atoms with E-state index in [1.807, 2.05) is 0 Å². The number of aldehydes is 1. The first-order valence-electron chi connectivity index (χ1n) is 4.28. The largest absolute Gasteiger partial charge is 0.298 e. The molecule has 0 spiro atoms. The van der Waals surface area contributed by atoms with Crippen molar-refractivity contribution in [3.63, 3.8) is 0 Å². The number of carbonyl (C=O) groups is 1. The smallest absolute Gasteiger partial charge is 0.152 e. The average molecular weight is 269 g/mol. The summed E-state index contributed by atoms with van der Waals surface area (Å²) in [7, 11) is 0. The predicted molar refractivity (Wildman–Crippen MR) is 64.4 cm³/mol. The highest BCUT2D eigenvalue weighted by molar-refractivity contribution is 9.11. The molecule has 1 aromatic heterocycles. The lowest BCUT2D eigenvalue weighted by atomic mass is 10.1. The molecule has 0 aliphatic rings. The number of thiophene rings is 1. The van der Waals surface area contributed by atoms with Crippen molar-refractivity contribution in [1.29, 1.82) is 0 Å². The van der Waals surface area contributed by atoms with Crippen LogP contribution in [0.3, 0.4) is 0 Å². The lowest BCUT2D eigenvalue weighted by Gasteiger charge is -1.99. The molecule has 2 rings (SSSR count). The van der Waals surface area contributed by atoms with Crippen LogP contribution in [0.4, 0.5) is 0 Å². The normalized spacial score (nSPS) is 10.8. The second kappa shape index (κ2) is 3.48. The summed E-state index contributed by atoms with van der Waals surface area (Å²) in [5, 5.41) is 1.06. The van der Waals surface area contributed by atoms with E-state index in [9.17, 15) is 4.79 Å². The molecule has 2 aromatic rings. The molecule has 1 aromatic carbocycles. The van der Waals surface area contributed by atoms with Gasteiger partial charge in [0.05, 0.1) is 3.79 Å². The van der Waals surface area contributed by atoms with Crippen LogP contribution >= 0.6 is 27.3 Å². The van der Waals surface area contributed by atoms with E-state index in [2.05, 4.69) is 41.9 Å². The molecule has 0 bridgehead atoms. The molecular formula is C11H9BrOS. The quantitative estimate of drug-likeness (QED) is 0.712. The zero-order valence-corrected chi connectivity index (χ0v) is 10.3. The molecule has 0 unspecified atom stereocenters. The van der Waals surface area contributed by atoms with Crippen LogP contribution in [0.2, 0.25) is 0 Å². The minimum Gasteiger partial charge on any atom is -0.298 e. The Kier molecular flexibility index (Phi) is 2.45. The van der Waals surface area contributed by atoms with Gasteiger partial charge in [0.25, 0.3) is 0 Å². The Morgan fingerprint density at radius 2 is 1.93 bits per heavy atom. The van der Waals surface area contributed by atoms with Gasteiger partial charge in [0.15, 0.2) is 6.29 Å². The maximum Gasteiger partial charge on any atom is 0.152 e. The number of halogens is 1. The van der Waals surface area contributed by atoms with Crippen molar-refractivity contribution < 1.29 is 4.79 Å². The standard InChI is InChI=1S/C11H9BrOS/c1-6-3-8-9(5-13)11(12)14-10(8)4-7(6)2/h3-5H,1-2H3. The number of hydrogen-bond acceptors (Lipinski definition) is 2. The van der Waals surface area contributed by atoms with Crippen LogP contribution in [0.25, 0.3) is 10.1 Å². The van der Waals surface area contributed by atoms with E-state index in [1.165, 1.54) is 15.8 Å². The maximum absolute atomic E-state index is 10.9. The molecule has 0 fully saturated rings. The fraction of sp³-hybridized carbons (Fsp3) is 0.182. The first-order valence-corrected chi connectivity index (χ1v) is 5.89. The zero-order valence-electron chi connectivity index (χ0n) is 7.93. The van der Waals surface area contributed by atoms with Gasteiger partial charge in [-0.15, -0.1) is 11.3 Å². The highest BCUT2D eigenvalue weighted by Crippen LogP contribution is 2.35. The van der Waals surface area contributed by atoms with E-state index in [-0.39, 0.29) is 0 Å². The lowest BCUT2D eigenvalue weighted by Crippen LogP contribution is -1.81. The monoisotopic (exact) mass is 268 g/mol. The minimum absolute atomic E-state index is 0.771. The second-order valence-corrected chi connectivity index (χ2v) is 5.71. The third kappa shape index (κ3) is 1.41. The van der Waals surface area contributed by atoms with Gasteiger partial charge in [-0.2, -0.15) is 0 Å². The molecule has 0 saturated carbocycles. The summed E-state index contributed by atoms with van der Waals surface area (Å²) in [5.74, 6) is 0. The predicted octanol–water partition coefficient (Wildman–Crippen LogP) is 4.09. The van der Waals surface area contributed by atoms with Crippen LogP contribution in [0.15, 0.2) is 15.9 Å². The fourth-order valence-corrected chi connectivity index (χ4v) is 3.26. The van der Waals surface area contributed by atoms with Crippen LogP contribution < -0.4 is 0 Å². The molecule has 0 atom stereocenters. The summed E-state index contributed by atoms with van der Waals surface area (Å²) >= 11 is 5.02. The van der Waals surface area contributed by atoms with Gasteiger partial charge in [0.2, 0.25) is 0 Å². The van der Waals surface area contributed by atoms with Gasteiger partial charge in [-0.3, -0.25) is 4.79 Å². The zero-order chi connectivity index (χ0) is 10.3. The Bertz CT molecular complexity index is 513. The number of carbonyl (C=O) groups excluding carboxylic acids is 1.